The van der Waals surface area contributed by atoms with Crippen LogP contribution in [0.2, 0.25) is 5.02 Å². The summed E-state index contributed by atoms with van der Waals surface area (Å²) in [5.74, 6) is 0.227. The maximum atomic E-state index is 12.7. The van der Waals surface area contributed by atoms with Gasteiger partial charge < -0.3 is 15.0 Å². The molecule has 1 heterocycles. The predicted octanol–water partition coefficient (Wildman–Crippen LogP) is 3.00. The molecule has 0 spiro atoms. The van der Waals surface area contributed by atoms with E-state index in [4.69, 9.17) is 16.3 Å². The van der Waals surface area contributed by atoms with Crippen LogP contribution in [0.25, 0.3) is 0 Å². The number of ether oxygens (including phenoxy) is 1. The van der Waals surface area contributed by atoms with E-state index in [0.717, 1.165) is 31.5 Å². The zero-order chi connectivity index (χ0) is 16.6. The maximum absolute atomic E-state index is 12.7. The molecule has 1 aliphatic carbocycles. The van der Waals surface area contributed by atoms with Crippen LogP contribution in [-0.2, 0) is 9.59 Å². The van der Waals surface area contributed by atoms with Crippen LogP contribution in [0.1, 0.15) is 31.2 Å². The van der Waals surface area contributed by atoms with Gasteiger partial charge in [0.1, 0.15) is 11.2 Å². The van der Waals surface area contributed by atoms with E-state index in [0.29, 0.717) is 29.3 Å². The fourth-order valence-corrected chi connectivity index (χ4v) is 3.21. The summed E-state index contributed by atoms with van der Waals surface area (Å²) in [6, 6.07) is 3.45. The quantitative estimate of drug-likeness (QED) is 0.860. The molecule has 2 amide bonds. The highest BCUT2D eigenvalue weighted by atomic mass is 35.5. The van der Waals surface area contributed by atoms with Crippen LogP contribution in [0.4, 0.5) is 5.69 Å². The number of likely N-dealkylation sites (tertiary alicyclic amines) is 1. The second-order valence-electron chi connectivity index (χ2n) is 6.34. The van der Waals surface area contributed by atoms with Crippen molar-refractivity contribution in [3.63, 3.8) is 0 Å². The number of aryl methyl sites for hydroxylation is 1. The molecule has 0 radical (unpaired) electrons. The van der Waals surface area contributed by atoms with Crippen molar-refractivity contribution in [3.05, 3.63) is 22.7 Å². The summed E-state index contributed by atoms with van der Waals surface area (Å²) in [6.07, 6.45) is 3.27. The zero-order valence-electron chi connectivity index (χ0n) is 13.4. The molecule has 5 nitrogen and oxygen atoms in total. The van der Waals surface area contributed by atoms with Crippen molar-refractivity contribution in [1.29, 1.82) is 0 Å². The summed E-state index contributed by atoms with van der Waals surface area (Å²) in [4.78, 5) is 27.2. The minimum atomic E-state index is -0.886. The molecule has 1 saturated heterocycles. The third-order valence-corrected chi connectivity index (χ3v) is 5.12. The first-order valence-electron chi connectivity index (χ1n) is 7.93. The first-order valence-corrected chi connectivity index (χ1v) is 8.31. The zero-order valence-corrected chi connectivity index (χ0v) is 14.2. The summed E-state index contributed by atoms with van der Waals surface area (Å²) in [6.45, 7) is 3.38. The topological polar surface area (TPSA) is 58.6 Å². The van der Waals surface area contributed by atoms with Crippen molar-refractivity contribution in [1.82, 2.24) is 4.90 Å². The molecule has 2 fully saturated rings. The molecular formula is C17H21ClN2O3. The smallest absolute Gasteiger partial charge is 0.240 e. The molecule has 1 aliphatic heterocycles. The highest BCUT2D eigenvalue weighted by Gasteiger charge is 2.58. The highest BCUT2D eigenvalue weighted by Crippen LogP contribution is 2.49. The van der Waals surface area contributed by atoms with Gasteiger partial charge in [-0.25, -0.2) is 0 Å². The Hall–Kier alpha value is -1.75. The van der Waals surface area contributed by atoms with E-state index < -0.39 is 5.41 Å². The van der Waals surface area contributed by atoms with Crippen molar-refractivity contribution < 1.29 is 14.3 Å². The van der Waals surface area contributed by atoms with Gasteiger partial charge in [0.2, 0.25) is 11.8 Å². The number of hydrogen-bond acceptors (Lipinski definition) is 3. The minimum Gasteiger partial charge on any atom is -0.495 e. The Morgan fingerprint density at radius 3 is 2.48 bits per heavy atom. The van der Waals surface area contributed by atoms with E-state index in [1.54, 1.807) is 12.1 Å². The highest BCUT2D eigenvalue weighted by molar-refractivity contribution is 6.31. The van der Waals surface area contributed by atoms with Crippen LogP contribution in [0, 0.1) is 12.3 Å². The molecule has 0 aromatic heterocycles. The molecule has 6 heteroatoms. The number of hydrogen-bond donors (Lipinski definition) is 1. The van der Waals surface area contributed by atoms with Gasteiger partial charge in [-0.05, 0) is 44.2 Å². The number of amides is 2. The van der Waals surface area contributed by atoms with Gasteiger partial charge in [0, 0.05) is 24.2 Å². The van der Waals surface area contributed by atoms with Crippen LogP contribution in [-0.4, -0.2) is 36.9 Å². The van der Waals surface area contributed by atoms with E-state index in [-0.39, 0.29) is 11.8 Å². The first-order chi connectivity index (χ1) is 11.0. The van der Waals surface area contributed by atoms with Crippen LogP contribution in [0.15, 0.2) is 12.1 Å². The molecule has 1 aromatic rings. The third kappa shape index (κ3) is 2.90. The average Bonchev–Trinajstić information content (AvgIpc) is 3.17. The molecule has 23 heavy (non-hydrogen) atoms. The minimum absolute atomic E-state index is 0.0304. The van der Waals surface area contributed by atoms with E-state index >= 15 is 0 Å². The SMILES string of the molecule is COc1cc(Cl)c(C)cc1NC(=O)C1(C(=O)N2CCCC2)CC1. The summed E-state index contributed by atoms with van der Waals surface area (Å²) in [5, 5.41) is 3.44. The number of nitrogens with one attached hydrogen (secondary N) is 1. The van der Waals surface area contributed by atoms with Crippen LogP contribution in [0.5, 0.6) is 5.75 Å². The summed E-state index contributed by atoms with van der Waals surface area (Å²) in [7, 11) is 1.53. The summed E-state index contributed by atoms with van der Waals surface area (Å²) < 4.78 is 5.28. The van der Waals surface area contributed by atoms with Crippen molar-refractivity contribution in [2.75, 3.05) is 25.5 Å². The monoisotopic (exact) mass is 336 g/mol. The molecule has 2 aliphatic rings. The van der Waals surface area contributed by atoms with E-state index in [2.05, 4.69) is 5.32 Å². The van der Waals surface area contributed by atoms with Gasteiger partial charge in [0.25, 0.3) is 0 Å². The maximum Gasteiger partial charge on any atom is 0.240 e. The molecule has 1 N–H and O–H groups in total. The van der Waals surface area contributed by atoms with Gasteiger partial charge in [-0.3, -0.25) is 9.59 Å². The van der Waals surface area contributed by atoms with Gasteiger partial charge in [0.05, 0.1) is 12.8 Å². The lowest BCUT2D eigenvalue weighted by molar-refractivity contribution is -0.141. The number of nitrogens with zero attached hydrogens (tertiary/aromatic N) is 1. The Balaban J connectivity index is 1.79. The number of halogens is 1. The fourth-order valence-electron chi connectivity index (χ4n) is 3.06. The first kappa shape index (κ1) is 16.1. The van der Waals surface area contributed by atoms with E-state index in [9.17, 15) is 9.59 Å². The van der Waals surface area contributed by atoms with Crippen LogP contribution in [0.3, 0.4) is 0 Å². The predicted molar refractivity (Wildman–Crippen MR) is 88.9 cm³/mol. The Labute approximate surface area is 140 Å². The molecular weight excluding hydrogens is 316 g/mol. The second kappa shape index (κ2) is 6.04. The molecule has 0 atom stereocenters. The number of carbonyl (C=O) groups is 2. The lowest BCUT2D eigenvalue weighted by Crippen LogP contribution is -2.41. The fraction of sp³-hybridized carbons (Fsp3) is 0.529. The lowest BCUT2D eigenvalue weighted by Gasteiger charge is -2.22. The molecule has 3 rings (SSSR count). The van der Waals surface area contributed by atoms with Gasteiger partial charge in [-0.1, -0.05) is 11.6 Å². The molecule has 1 aromatic carbocycles. The van der Waals surface area contributed by atoms with E-state index in [1.807, 2.05) is 11.8 Å². The normalized spacial score (nSPS) is 18.7. The van der Waals surface area contributed by atoms with Crippen molar-refractivity contribution in [3.8, 4) is 5.75 Å². The Kier molecular flexibility index (Phi) is 4.23. The average molecular weight is 337 g/mol. The lowest BCUT2D eigenvalue weighted by atomic mass is 10.0. The van der Waals surface area contributed by atoms with Gasteiger partial charge in [-0.15, -0.1) is 0 Å². The Morgan fingerprint density at radius 2 is 1.91 bits per heavy atom. The standard InChI is InChI=1S/C17H21ClN2O3/c1-11-9-13(14(23-2)10-12(11)18)19-15(21)17(5-6-17)16(22)20-7-3-4-8-20/h9-10H,3-8H2,1-2H3,(H,19,21). The number of carbonyl (C=O) groups excluding carboxylic acids is 2. The third-order valence-electron chi connectivity index (χ3n) is 4.72. The largest absolute Gasteiger partial charge is 0.495 e. The number of benzene rings is 1. The van der Waals surface area contributed by atoms with Gasteiger partial charge in [0.15, 0.2) is 0 Å². The number of rotatable bonds is 4. The van der Waals surface area contributed by atoms with Crippen molar-refractivity contribution >= 4 is 29.1 Å². The Morgan fingerprint density at radius 1 is 1.26 bits per heavy atom. The molecule has 0 unspecified atom stereocenters. The molecule has 1 saturated carbocycles. The second-order valence-corrected chi connectivity index (χ2v) is 6.74. The van der Waals surface area contributed by atoms with Gasteiger partial charge in [-0.2, -0.15) is 0 Å². The van der Waals surface area contributed by atoms with Crippen molar-refractivity contribution in [2.24, 2.45) is 5.41 Å². The molecule has 124 valence electrons. The van der Waals surface area contributed by atoms with Crippen molar-refractivity contribution in [2.45, 2.75) is 32.6 Å². The number of methoxy groups -OCH3 is 1. The Bertz CT molecular complexity index is 649. The molecule has 0 bridgehead atoms. The van der Waals surface area contributed by atoms with Crippen LogP contribution < -0.4 is 10.1 Å². The summed E-state index contributed by atoms with van der Waals surface area (Å²) >= 11 is 6.09. The summed E-state index contributed by atoms with van der Waals surface area (Å²) in [5.41, 5.74) is 0.515. The van der Waals surface area contributed by atoms with Crippen LogP contribution >= 0.6 is 11.6 Å². The van der Waals surface area contributed by atoms with Gasteiger partial charge >= 0.3 is 0 Å². The van der Waals surface area contributed by atoms with E-state index in [1.165, 1.54) is 7.11 Å². The number of anilines is 1.